The van der Waals surface area contributed by atoms with E-state index in [4.69, 9.17) is 21.4 Å². The Kier molecular flexibility index (Phi) is 3.58. The number of carboxylic acid groups (broad SMARTS) is 1. The molecule has 0 aromatic heterocycles. The summed E-state index contributed by atoms with van der Waals surface area (Å²) in [5.74, 6) is -0.524. The lowest BCUT2D eigenvalue weighted by atomic mass is 10.1. The molecule has 0 aliphatic carbocycles. The van der Waals surface area contributed by atoms with Crippen LogP contribution in [0.5, 0.6) is 5.75 Å². The van der Waals surface area contributed by atoms with Crippen LogP contribution in [0.1, 0.15) is 29.8 Å². The van der Waals surface area contributed by atoms with Crippen molar-refractivity contribution >= 4 is 17.6 Å². The van der Waals surface area contributed by atoms with Crippen LogP contribution in [0, 0.1) is 6.92 Å². The second-order valence-electron chi connectivity index (χ2n) is 3.52. The van der Waals surface area contributed by atoms with Crippen molar-refractivity contribution in [3.63, 3.8) is 0 Å². The van der Waals surface area contributed by atoms with E-state index < -0.39 is 5.97 Å². The zero-order valence-corrected chi connectivity index (χ0v) is 9.63. The normalized spacial score (nSPS) is 10.5. The molecule has 0 amide bonds. The van der Waals surface area contributed by atoms with Crippen molar-refractivity contribution in [2.75, 3.05) is 0 Å². The van der Waals surface area contributed by atoms with Gasteiger partial charge in [0.25, 0.3) is 0 Å². The van der Waals surface area contributed by atoms with Crippen LogP contribution in [-0.2, 0) is 0 Å². The molecular formula is C11H13ClO3. The van der Waals surface area contributed by atoms with Gasteiger partial charge in [-0.1, -0.05) is 11.6 Å². The molecule has 0 atom stereocenters. The van der Waals surface area contributed by atoms with Gasteiger partial charge in [0.15, 0.2) is 0 Å². The Morgan fingerprint density at radius 3 is 2.53 bits per heavy atom. The highest BCUT2D eigenvalue weighted by atomic mass is 35.5. The molecule has 1 rings (SSSR count). The summed E-state index contributed by atoms with van der Waals surface area (Å²) >= 11 is 5.93. The van der Waals surface area contributed by atoms with E-state index in [0.29, 0.717) is 16.3 Å². The number of carbonyl (C=O) groups is 1. The van der Waals surface area contributed by atoms with Gasteiger partial charge in [0, 0.05) is 5.56 Å². The number of rotatable bonds is 3. The third kappa shape index (κ3) is 2.63. The van der Waals surface area contributed by atoms with Crippen molar-refractivity contribution in [1.29, 1.82) is 0 Å². The maximum atomic E-state index is 10.9. The van der Waals surface area contributed by atoms with Gasteiger partial charge in [0.2, 0.25) is 0 Å². The number of ether oxygens (including phenoxy) is 1. The minimum atomic E-state index is -0.974. The molecule has 1 N–H and O–H groups in total. The van der Waals surface area contributed by atoms with Gasteiger partial charge in [-0.05, 0) is 32.9 Å². The summed E-state index contributed by atoms with van der Waals surface area (Å²) in [4.78, 5) is 10.9. The molecule has 0 heterocycles. The minimum absolute atomic E-state index is 0.0368. The first-order valence-electron chi connectivity index (χ1n) is 4.62. The van der Waals surface area contributed by atoms with E-state index in [1.807, 2.05) is 13.8 Å². The lowest BCUT2D eigenvalue weighted by Crippen LogP contribution is -2.09. The summed E-state index contributed by atoms with van der Waals surface area (Å²) < 4.78 is 5.47. The van der Waals surface area contributed by atoms with E-state index >= 15 is 0 Å². The first-order valence-corrected chi connectivity index (χ1v) is 5.00. The largest absolute Gasteiger partial charge is 0.489 e. The van der Waals surface area contributed by atoms with Gasteiger partial charge in [-0.3, -0.25) is 0 Å². The molecule has 82 valence electrons. The highest BCUT2D eigenvalue weighted by Crippen LogP contribution is 2.31. The summed E-state index contributed by atoms with van der Waals surface area (Å²) in [5, 5.41) is 9.35. The first-order chi connectivity index (χ1) is 6.93. The summed E-state index contributed by atoms with van der Waals surface area (Å²) in [6.07, 6.45) is -0.0368. The molecule has 0 unspecified atom stereocenters. The van der Waals surface area contributed by atoms with E-state index in [0.717, 1.165) is 0 Å². The molecule has 0 radical (unpaired) electrons. The Morgan fingerprint density at radius 1 is 1.47 bits per heavy atom. The van der Waals surface area contributed by atoms with E-state index in [9.17, 15) is 4.79 Å². The molecule has 0 fully saturated rings. The van der Waals surface area contributed by atoms with Crippen LogP contribution >= 0.6 is 11.6 Å². The standard InChI is InChI=1S/C11H13ClO3/c1-6(2)15-10-7(3)8(11(13)14)4-5-9(10)12/h4-6H,1-3H3,(H,13,14). The number of carboxylic acids is 1. The average Bonchev–Trinajstić information content (AvgIpc) is 2.11. The van der Waals surface area contributed by atoms with Crippen molar-refractivity contribution < 1.29 is 14.6 Å². The number of aromatic carboxylic acids is 1. The van der Waals surface area contributed by atoms with Crippen LogP contribution in [0.3, 0.4) is 0 Å². The molecule has 3 nitrogen and oxygen atoms in total. The molecule has 15 heavy (non-hydrogen) atoms. The van der Waals surface area contributed by atoms with Crippen molar-refractivity contribution in [1.82, 2.24) is 0 Å². The fraction of sp³-hybridized carbons (Fsp3) is 0.364. The van der Waals surface area contributed by atoms with Gasteiger partial charge in [-0.25, -0.2) is 4.79 Å². The molecule has 1 aromatic rings. The Morgan fingerprint density at radius 2 is 2.07 bits per heavy atom. The smallest absolute Gasteiger partial charge is 0.336 e. The van der Waals surface area contributed by atoms with Gasteiger partial charge in [0.1, 0.15) is 5.75 Å². The Labute approximate surface area is 93.6 Å². The highest BCUT2D eigenvalue weighted by molar-refractivity contribution is 6.32. The van der Waals surface area contributed by atoms with Crippen LogP contribution in [0.15, 0.2) is 12.1 Å². The molecule has 1 aromatic carbocycles. The molecule has 0 saturated heterocycles. The molecule has 0 spiro atoms. The van der Waals surface area contributed by atoms with Crippen molar-refractivity contribution in [3.8, 4) is 5.75 Å². The van der Waals surface area contributed by atoms with Gasteiger partial charge < -0.3 is 9.84 Å². The molecular weight excluding hydrogens is 216 g/mol. The van der Waals surface area contributed by atoms with Gasteiger partial charge in [-0.15, -0.1) is 0 Å². The second kappa shape index (κ2) is 4.53. The summed E-state index contributed by atoms with van der Waals surface area (Å²) in [6, 6.07) is 3.02. The summed E-state index contributed by atoms with van der Waals surface area (Å²) in [7, 11) is 0. The van der Waals surface area contributed by atoms with Gasteiger partial charge in [0.05, 0.1) is 16.7 Å². The van der Waals surface area contributed by atoms with Crippen molar-refractivity contribution in [2.24, 2.45) is 0 Å². The quantitative estimate of drug-likeness (QED) is 0.865. The highest BCUT2D eigenvalue weighted by Gasteiger charge is 2.15. The van der Waals surface area contributed by atoms with Crippen LogP contribution < -0.4 is 4.74 Å². The SMILES string of the molecule is Cc1c(C(=O)O)ccc(Cl)c1OC(C)C. The third-order valence-corrected chi connectivity index (χ3v) is 2.24. The van der Waals surface area contributed by atoms with E-state index in [1.165, 1.54) is 12.1 Å². The maximum absolute atomic E-state index is 10.9. The number of benzene rings is 1. The monoisotopic (exact) mass is 228 g/mol. The fourth-order valence-electron chi connectivity index (χ4n) is 1.27. The average molecular weight is 229 g/mol. The minimum Gasteiger partial charge on any atom is -0.489 e. The molecule has 0 bridgehead atoms. The number of hydrogen-bond donors (Lipinski definition) is 1. The Hall–Kier alpha value is -1.22. The fourth-order valence-corrected chi connectivity index (χ4v) is 1.52. The summed E-state index contributed by atoms with van der Waals surface area (Å²) in [6.45, 7) is 5.42. The van der Waals surface area contributed by atoms with Gasteiger partial charge in [-0.2, -0.15) is 0 Å². The first kappa shape index (κ1) is 11.9. The van der Waals surface area contributed by atoms with Gasteiger partial charge >= 0.3 is 5.97 Å². The number of hydrogen-bond acceptors (Lipinski definition) is 2. The molecule has 4 heteroatoms. The van der Waals surface area contributed by atoms with Crippen molar-refractivity contribution in [3.05, 3.63) is 28.3 Å². The molecule has 0 saturated carbocycles. The Bertz CT molecular complexity index is 386. The molecule has 0 aliphatic heterocycles. The predicted molar refractivity (Wildman–Crippen MR) is 58.9 cm³/mol. The molecule has 0 aliphatic rings. The third-order valence-electron chi connectivity index (χ3n) is 1.94. The van der Waals surface area contributed by atoms with Crippen molar-refractivity contribution in [2.45, 2.75) is 26.9 Å². The zero-order chi connectivity index (χ0) is 11.6. The van der Waals surface area contributed by atoms with Crippen LogP contribution in [0.2, 0.25) is 5.02 Å². The second-order valence-corrected chi connectivity index (χ2v) is 3.93. The number of halogens is 1. The Balaban J connectivity index is 3.24. The predicted octanol–water partition coefficient (Wildman–Crippen LogP) is 3.13. The topological polar surface area (TPSA) is 46.5 Å². The lowest BCUT2D eigenvalue weighted by Gasteiger charge is -2.15. The van der Waals surface area contributed by atoms with E-state index in [1.54, 1.807) is 6.92 Å². The zero-order valence-electron chi connectivity index (χ0n) is 8.87. The maximum Gasteiger partial charge on any atom is 0.336 e. The van der Waals surface area contributed by atoms with Crippen LogP contribution in [0.4, 0.5) is 0 Å². The van der Waals surface area contributed by atoms with Crippen LogP contribution in [0.25, 0.3) is 0 Å². The van der Waals surface area contributed by atoms with E-state index in [-0.39, 0.29) is 11.7 Å². The lowest BCUT2D eigenvalue weighted by molar-refractivity contribution is 0.0695. The summed E-state index contributed by atoms with van der Waals surface area (Å²) in [5.41, 5.74) is 0.777. The van der Waals surface area contributed by atoms with E-state index in [2.05, 4.69) is 0 Å². The van der Waals surface area contributed by atoms with Crippen LogP contribution in [-0.4, -0.2) is 17.2 Å².